The van der Waals surface area contributed by atoms with Crippen LogP contribution in [-0.2, 0) is 11.6 Å². The molecule has 0 aliphatic rings. The fraction of sp³-hybridized carbons (Fsp3) is 0.312. The van der Waals surface area contributed by atoms with Crippen molar-refractivity contribution in [1.29, 1.82) is 0 Å². The first kappa shape index (κ1) is 16.8. The van der Waals surface area contributed by atoms with Gasteiger partial charge < -0.3 is 0 Å². The Morgan fingerprint density at radius 1 is 0.917 bits per heavy atom. The van der Waals surface area contributed by atoms with Crippen molar-refractivity contribution in [3.05, 3.63) is 47.8 Å². The normalized spacial score (nSPS) is 12.8. The second-order valence-electron chi connectivity index (χ2n) is 6.34. The monoisotopic (exact) mass is 352 g/mol. The highest BCUT2D eigenvalue weighted by Crippen LogP contribution is 2.31. The molecule has 0 spiro atoms. The summed E-state index contributed by atoms with van der Waals surface area (Å²) in [6, 6.07) is 11.0. The molecule has 0 saturated carbocycles. The van der Waals surface area contributed by atoms with Crippen molar-refractivity contribution >= 4 is 17.4 Å². The molecule has 0 saturated heterocycles. The Kier molecular flexibility index (Phi) is 4.03. The lowest BCUT2D eigenvalue weighted by Crippen LogP contribution is -2.12. The largest absolute Gasteiger partial charge is 0.453 e. The number of alkyl halides is 3. The highest BCUT2D eigenvalue weighted by molar-refractivity contribution is 7.99. The van der Waals surface area contributed by atoms with Crippen LogP contribution < -0.4 is 0 Å². The topological polar surface area (TPSA) is 43.1 Å². The molecule has 8 heteroatoms. The SMILES string of the molecule is CC(C)(C)c1ccc(Sc2ccc3nnc(C(F)(F)F)n3n2)cc1. The molecule has 0 N–H and O–H groups in total. The number of aromatic nitrogens is 4. The summed E-state index contributed by atoms with van der Waals surface area (Å²) >= 11 is 1.29. The summed E-state index contributed by atoms with van der Waals surface area (Å²) in [4.78, 5) is 0.900. The maximum absolute atomic E-state index is 12.9. The zero-order valence-electron chi connectivity index (χ0n) is 13.3. The van der Waals surface area contributed by atoms with Crippen LogP contribution in [0.5, 0.6) is 0 Å². The minimum Gasteiger partial charge on any atom is -0.188 e. The van der Waals surface area contributed by atoms with E-state index < -0.39 is 12.0 Å². The third kappa shape index (κ3) is 3.38. The zero-order chi connectivity index (χ0) is 17.5. The summed E-state index contributed by atoms with van der Waals surface area (Å²) in [7, 11) is 0. The molecule has 2 aromatic heterocycles. The Bertz CT molecular complexity index is 864. The average molecular weight is 352 g/mol. The van der Waals surface area contributed by atoms with Crippen molar-refractivity contribution in [3.63, 3.8) is 0 Å². The summed E-state index contributed by atoms with van der Waals surface area (Å²) in [6.07, 6.45) is -4.59. The van der Waals surface area contributed by atoms with Gasteiger partial charge in [-0.15, -0.1) is 10.2 Å². The Hall–Kier alpha value is -2.09. The van der Waals surface area contributed by atoms with E-state index in [0.29, 0.717) is 5.03 Å². The molecule has 0 atom stereocenters. The van der Waals surface area contributed by atoms with Crippen LogP contribution in [0.25, 0.3) is 5.65 Å². The van der Waals surface area contributed by atoms with Gasteiger partial charge in [-0.1, -0.05) is 44.7 Å². The maximum Gasteiger partial charge on any atom is 0.453 e. The van der Waals surface area contributed by atoms with Crippen molar-refractivity contribution < 1.29 is 13.2 Å². The fourth-order valence-electron chi connectivity index (χ4n) is 2.15. The summed E-state index contributed by atoms with van der Waals surface area (Å²) < 4.78 is 39.4. The molecule has 3 rings (SSSR count). The molecular formula is C16H15F3N4S. The van der Waals surface area contributed by atoms with Gasteiger partial charge in [0.1, 0.15) is 5.03 Å². The highest BCUT2D eigenvalue weighted by Gasteiger charge is 2.37. The zero-order valence-corrected chi connectivity index (χ0v) is 14.1. The van der Waals surface area contributed by atoms with E-state index >= 15 is 0 Å². The van der Waals surface area contributed by atoms with Crippen LogP contribution in [0.2, 0.25) is 0 Å². The number of halogens is 3. The van der Waals surface area contributed by atoms with Crippen LogP contribution in [0.3, 0.4) is 0 Å². The van der Waals surface area contributed by atoms with E-state index in [0.717, 1.165) is 9.41 Å². The van der Waals surface area contributed by atoms with Crippen LogP contribution >= 0.6 is 11.8 Å². The molecule has 0 amide bonds. The number of hydrogen-bond acceptors (Lipinski definition) is 4. The molecule has 0 aliphatic carbocycles. The smallest absolute Gasteiger partial charge is 0.188 e. The van der Waals surface area contributed by atoms with Crippen LogP contribution in [0.15, 0.2) is 46.3 Å². The third-order valence-corrected chi connectivity index (χ3v) is 4.37. The molecule has 126 valence electrons. The van der Waals surface area contributed by atoms with Gasteiger partial charge in [-0.3, -0.25) is 0 Å². The molecule has 0 bridgehead atoms. The molecule has 1 aromatic carbocycles. The van der Waals surface area contributed by atoms with E-state index in [1.54, 1.807) is 6.07 Å². The van der Waals surface area contributed by atoms with Crippen LogP contribution in [0, 0.1) is 0 Å². The lowest BCUT2D eigenvalue weighted by molar-refractivity contribution is -0.146. The van der Waals surface area contributed by atoms with Crippen molar-refractivity contribution in [2.45, 2.75) is 42.3 Å². The van der Waals surface area contributed by atoms with Crippen molar-refractivity contribution in [1.82, 2.24) is 19.8 Å². The standard InChI is InChI=1S/C16H15F3N4S/c1-15(2,3)10-4-6-11(7-5-10)24-13-9-8-12-20-21-14(16(17,18)19)23(12)22-13/h4-9H,1-3H3. The maximum atomic E-state index is 12.9. The molecule has 24 heavy (non-hydrogen) atoms. The molecule has 2 heterocycles. The van der Waals surface area contributed by atoms with E-state index in [1.807, 2.05) is 24.3 Å². The van der Waals surface area contributed by atoms with E-state index in [2.05, 4.69) is 36.1 Å². The molecule has 0 aliphatic heterocycles. The number of benzene rings is 1. The number of nitrogens with zero attached hydrogens (tertiary/aromatic N) is 4. The van der Waals surface area contributed by atoms with Crippen molar-refractivity contribution in [3.8, 4) is 0 Å². The first-order valence-corrected chi connectivity index (χ1v) is 8.04. The van der Waals surface area contributed by atoms with Gasteiger partial charge >= 0.3 is 6.18 Å². The number of hydrogen-bond donors (Lipinski definition) is 0. The molecule has 0 fully saturated rings. The lowest BCUT2D eigenvalue weighted by atomic mass is 9.87. The predicted molar refractivity (Wildman–Crippen MR) is 85.0 cm³/mol. The molecule has 0 radical (unpaired) electrons. The number of fused-ring (bicyclic) bond motifs is 1. The molecule has 4 nitrogen and oxygen atoms in total. The summed E-state index contributed by atoms with van der Waals surface area (Å²) in [5.41, 5.74) is 1.30. The Morgan fingerprint density at radius 3 is 2.17 bits per heavy atom. The first-order chi connectivity index (χ1) is 11.1. The molecule has 0 unspecified atom stereocenters. The summed E-state index contributed by atoms with van der Waals surface area (Å²) in [6.45, 7) is 6.36. The van der Waals surface area contributed by atoms with Crippen LogP contribution in [0.4, 0.5) is 13.2 Å². The van der Waals surface area contributed by atoms with E-state index in [-0.39, 0.29) is 11.1 Å². The van der Waals surface area contributed by atoms with Crippen molar-refractivity contribution in [2.75, 3.05) is 0 Å². The van der Waals surface area contributed by atoms with Crippen molar-refractivity contribution in [2.24, 2.45) is 0 Å². The fourth-order valence-corrected chi connectivity index (χ4v) is 2.92. The Morgan fingerprint density at radius 2 is 1.58 bits per heavy atom. The van der Waals surface area contributed by atoms with Crippen LogP contribution in [0.1, 0.15) is 32.2 Å². The first-order valence-electron chi connectivity index (χ1n) is 7.23. The summed E-state index contributed by atoms with van der Waals surface area (Å²) in [5, 5.41) is 11.1. The van der Waals surface area contributed by atoms with Gasteiger partial charge in [-0.05, 0) is 35.2 Å². The van der Waals surface area contributed by atoms with Gasteiger partial charge in [0.2, 0.25) is 0 Å². The molecular weight excluding hydrogens is 337 g/mol. The Labute approximate surface area is 141 Å². The van der Waals surface area contributed by atoms with Gasteiger partial charge in [0.15, 0.2) is 5.65 Å². The second-order valence-corrected chi connectivity index (χ2v) is 7.43. The third-order valence-electron chi connectivity index (χ3n) is 3.43. The summed E-state index contributed by atoms with van der Waals surface area (Å²) in [5.74, 6) is -1.12. The van der Waals surface area contributed by atoms with Gasteiger partial charge in [0, 0.05) is 4.90 Å². The van der Waals surface area contributed by atoms with Gasteiger partial charge in [-0.25, -0.2) is 0 Å². The minimum absolute atomic E-state index is 0.0461. The lowest BCUT2D eigenvalue weighted by Gasteiger charge is -2.18. The number of rotatable bonds is 2. The Balaban J connectivity index is 1.90. The van der Waals surface area contributed by atoms with E-state index in [1.165, 1.54) is 23.4 Å². The second kappa shape index (κ2) is 5.77. The predicted octanol–water partition coefficient (Wildman–Crippen LogP) is 4.59. The minimum atomic E-state index is -4.59. The average Bonchev–Trinajstić information content (AvgIpc) is 2.90. The molecule has 3 aromatic rings. The van der Waals surface area contributed by atoms with Crippen LogP contribution in [-0.4, -0.2) is 19.8 Å². The van der Waals surface area contributed by atoms with E-state index in [9.17, 15) is 13.2 Å². The van der Waals surface area contributed by atoms with E-state index in [4.69, 9.17) is 0 Å². The van der Waals surface area contributed by atoms with Gasteiger partial charge in [-0.2, -0.15) is 22.8 Å². The highest BCUT2D eigenvalue weighted by atomic mass is 32.2. The van der Waals surface area contributed by atoms with Gasteiger partial charge in [0.05, 0.1) is 0 Å². The quantitative estimate of drug-likeness (QED) is 0.676. The van der Waals surface area contributed by atoms with Gasteiger partial charge in [0.25, 0.3) is 5.82 Å².